The van der Waals surface area contributed by atoms with E-state index in [9.17, 15) is 9.59 Å². The smallest absolute Gasteiger partial charge is 0.330 e. The summed E-state index contributed by atoms with van der Waals surface area (Å²) in [4.78, 5) is 29.7. The lowest BCUT2D eigenvalue weighted by molar-refractivity contribution is -0.144. The molecule has 2 heterocycles. The van der Waals surface area contributed by atoms with Gasteiger partial charge in [-0.05, 0) is 29.3 Å². The third kappa shape index (κ3) is 3.12. The molecule has 146 valence electrons. The van der Waals surface area contributed by atoms with Gasteiger partial charge in [0.1, 0.15) is 5.82 Å². The van der Waals surface area contributed by atoms with Gasteiger partial charge in [-0.1, -0.05) is 48.6 Å². The number of benzene rings is 2. The zero-order valence-corrected chi connectivity index (χ0v) is 16.2. The number of carbonyl (C=O) groups excluding carboxylic acids is 2. The van der Waals surface area contributed by atoms with Crippen molar-refractivity contribution in [2.75, 3.05) is 14.2 Å². The highest BCUT2D eigenvalue weighted by atomic mass is 16.5. The minimum absolute atomic E-state index is 0.483. The van der Waals surface area contributed by atoms with E-state index in [0.29, 0.717) is 12.4 Å². The average Bonchev–Trinajstić information content (AvgIpc) is 3.11. The number of methoxy groups -OCH3 is 2. The second-order valence-corrected chi connectivity index (χ2v) is 6.76. The van der Waals surface area contributed by atoms with Crippen LogP contribution in [-0.2, 0) is 31.0 Å². The first kappa shape index (κ1) is 18.7. The lowest BCUT2D eigenvalue weighted by atomic mass is 9.83. The van der Waals surface area contributed by atoms with Crippen LogP contribution in [0.25, 0.3) is 17.1 Å². The second-order valence-electron chi connectivity index (χ2n) is 6.76. The molecule has 4 rings (SSSR count). The molecule has 0 saturated carbocycles. The van der Waals surface area contributed by atoms with Crippen molar-refractivity contribution in [2.45, 2.75) is 12.0 Å². The van der Waals surface area contributed by atoms with Crippen molar-refractivity contribution in [1.29, 1.82) is 0 Å². The summed E-state index contributed by atoms with van der Waals surface area (Å²) < 4.78 is 11.9. The first-order valence-corrected chi connectivity index (χ1v) is 9.17. The van der Waals surface area contributed by atoms with Gasteiger partial charge < -0.3 is 14.0 Å². The Morgan fingerprint density at radius 2 is 1.83 bits per heavy atom. The fourth-order valence-electron chi connectivity index (χ4n) is 3.65. The number of imidazole rings is 1. The monoisotopic (exact) mass is 388 g/mol. The summed E-state index contributed by atoms with van der Waals surface area (Å²) in [5, 5.41) is 0. The third-order valence-corrected chi connectivity index (χ3v) is 5.14. The van der Waals surface area contributed by atoms with Crippen molar-refractivity contribution in [2.24, 2.45) is 0 Å². The Hall–Kier alpha value is -3.67. The zero-order valence-electron chi connectivity index (χ0n) is 16.2. The maximum Gasteiger partial charge on any atom is 0.330 e. The van der Waals surface area contributed by atoms with Crippen molar-refractivity contribution < 1.29 is 19.1 Å². The highest BCUT2D eigenvalue weighted by molar-refractivity contribution is 5.93. The number of hydrogen-bond donors (Lipinski definition) is 0. The van der Waals surface area contributed by atoms with E-state index in [1.165, 1.54) is 26.4 Å². The number of nitrogens with zero attached hydrogens (tertiary/aromatic N) is 2. The summed E-state index contributed by atoms with van der Waals surface area (Å²) in [5.41, 5.74) is 2.36. The molecular formula is C23H20N2O4. The predicted octanol–water partition coefficient (Wildman–Crippen LogP) is 3.25. The molecule has 1 unspecified atom stereocenters. The van der Waals surface area contributed by atoms with E-state index in [-0.39, 0.29) is 0 Å². The fraction of sp³-hybridized carbons (Fsp3) is 0.174. The van der Waals surface area contributed by atoms with Crippen molar-refractivity contribution in [3.05, 3.63) is 83.7 Å². The number of carbonyl (C=O) groups is 2. The maximum absolute atomic E-state index is 13.1. The molecule has 0 saturated heterocycles. The highest BCUT2D eigenvalue weighted by Crippen LogP contribution is 2.35. The minimum Gasteiger partial charge on any atom is -0.468 e. The molecule has 1 aromatic heterocycles. The molecule has 0 amide bonds. The molecule has 0 N–H and O–H groups in total. The highest BCUT2D eigenvalue weighted by Gasteiger charge is 2.42. The third-order valence-electron chi connectivity index (χ3n) is 5.14. The molecule has 0 radical (unpaired) electrons. The topological polar surface area (TPSA) is 70.4 Å². The summed E-state index contributed by atoms with van der Waals surface area (Å²) >= 11 is 0. The second kappa shape index (κ2) is 7.39. The van der Waals surface area contributed by atoms with E-state index < -0.39 is 17.4 Å². The van der Waals surface area contributed by atoms with Gasteiger partial charge in [-0.2, -0.15) is 0 Å². The van der Waals surface area contributed by atoms with Crippen molar-refractivity contribution >= 4 is 29.0 Å². The molecule has 0 aliphatic carbocycles. The molecular weight excluding hydrogens is 368 g/mol. The normalized spacial score (nSPS) is 19.1. The SMILES string of the molecule is COC(=O)/C=C/C1(C(=O)OC)/C=C\c2ccccc2Cn2c1nc1ccccc12. The lowest BCUT2D eigenvalue weighted by Gasteiger charge is -2.27. The van der Waals surface area contributed by atoms with Crippen LogP contribution < -0.4 is 0 Å². The van der Waals surface area contributed by atoms with Crippen LogP contribution in [0.2, 0.25) is 0 Å². The Kier molecular flexibility index (Phi) is 4.76. The van der Waals surface area contributed by atoms with Gasteiger partial charge in [0, 0.05) is 12.6 Å². The average molecular weight is 388 g/mol. The number of esters is 2. The molecule has 29 heavy (non-hydrogen) atoms. The van der Waals surface area contributed by atoms with Gasteiger partial charge in [0.05, 0.1) is 25.3 Å². The zero-order chi connectivity index (χ0) is 20.4. The quantitative estimate of drug-likeness (QED) is 0.509. The number of para-hydroxylation sites is 2. The van der Waals surface area contributed by atoms with E-state index in [2.05, 4.69) is 0 Å². The van der Waals surface area contributed by atoms with E-state index in [4.69, 9.17) is 14.5 Å². The van der Waals surface area contributed by atoms with E-state index in [1.807, 2.05) is 59.2 Å². The summed E-state index contributed by atoms with van der Waals surface area (Å²) in [7, 11) is 2.61. The van der Waals surface area contributed by atoms with Crippen molar-refractivity contribution in [3.63, 3.8) is 0 Å². The van der Waals surface area contributed by atoms with Gasteiger partial charge in [0.2, 0.25) is 0 Å². The van der Waals surface area contributed by atoms with Gasteiger partial charge in [-0.25, -0.2) is 9.78 Å². The summed E-state index contributed by atoms with van der Waals surface area (Å²) in [6.07, 6.45) is 6.33. The Morgan fingerprint density at radius 3 is 2.62 bits per heavy atom. The Morgan fingerprint density at radius 1 is 1.07 bits per heavy atom. The molecule has 3 aromatic rings. The largest absolute Gasteiger partial charge is 0.468 e. The van der Waals surface area contributed by atoms with E-state index >= 15 is 0 Å². The fourth-order valence-corrected chi connectivity index (χ4v) is 3.65. The molecule has 1 aliphatic heterocycles. The molecule has 0 spiro atoms. The summed E-state index contributed by atoms with van der Waals surface area (Å²) in [6, 6.07) is 15.7. The standard InChI is InChI=1S/C23H20N2O4/c1-28-20(26)12-14-23(22(27)29-2)13-11-16-7-3-4-8-17(16)15-25-19-10-6-5-9-18(19)24-21(23)25/h3-14H,15H2,1-2H3/b13-11-,14-12+. The van der Waals surface area contributed by atoms with Gasteiger partial charge in [-0.15, -0.1) is 0 Å². The van der Waals surface area contributed by atoms with Crippen LogP contribution in [0.1, 0.15) is 17.0 Å². The van der Waals surface area contributed by atoms with Crippen molar-refractivity contribution in [3.8, 4) is 0 Å². The van der Waals surface area contributed by atoms with Gasteiger partial charge in [0.15, 0.2) is 5.41 Å². The molecule has 0 bridgehead atoms. The Bertz CT molecular complexity index is 1160. The maximum atomic E-state index is 13.1. The van der Waals surface area contributed by atoms with Crippen LogP contribution >= 0.6 is 0 Å². The van der Waals surface area contributed by atoms with E-state index in [0.717, 1.165) is 22.2 Å². The summed E-state index contributed by atoms with van der Waals surface area (Å²) in [6.45, 7) is 0.529. The number of ether oxygens (including phenoxy) is 2. The molecule has 2 aromatic carbocycles. The van der Waals surface area contributed by atoms with Gasteiger partial charge in [0.25, 0.3) is 0 Å². The number of aromatic nitrogens is 2. The molecule has 6 nitrogen and oxygen atoms in total. The van der Waals surface area contributed by atoms with Crippen molar-refractivity contribution in [1.82, 2.24) is 9.55 Å². The van der Waals surface area contributed by atoms with Crippen LogP contribution in [0.3, 0.4) is 0 Å². The molecule has 0 fully saturated rings. The van der Waals surface area contributed by atoms with Crippen LogP contribution in [0.4, 0.5) is 0 Å². The first-order chi connectivity index (χ1) is 14.1. The predicted molar refractivity (Wildman–Crippen MR) is 109 cm³/mol. The first-order valence-electron chi connectivity index (χ1n) is 9.17. The van der Waals surface area contributed by atoms with Crippen LogP contribution in [-0.4, -0.2) is 35.7 Å². The van der Waals surface area contributed by atoms with Crippen LogP contribution in [0.15, 0.2) is 66.8 Å². The van der Waals surface area contributed by atoms with Crippen LogP contribution in [0, 0.1) is 0 Å². The lowest BCUT2D eigenvalue weighted by Crippen LogP contribution is -2.37. The minimum atomic E-state index is -1.38. The van der Waals surface area contributed by atoms with E-state index in [1.54, 1.807) is 6.08 Å². The number of fused-ring (bicyclic) bond motifs is 4. The number of hydrogen-bond acceptors (Lipinski definition) is 5. The van der Waals surface area contributed by atoms with Gasteiger partial charge >= 0.3 is 11.9 Å². The summed E-state index contributed by atoms with van der Waals surface area (Å²) in [5.74, 6) is -0.618. The Labute approximate surface area is 168 Å². The van der Waals surface area contributed by atoms with Crippen LogP contribution in [0.5, 0.6) is 0 Å². The molecule has 6 heteroatoms. The number of rotatable bonds is 3. The molecule has 1 atom stereocenters. The Balaban J connectivity index is 2.07. The molecule has 1 aliphatic rings. The van der Waals surface area contributed by atoms with Gasteiger partial charge in [-0.3, -0.25) is 4.79 Å².